The van der Waals surface area contributed by atoms with Crippen molar-refractivity contribution in [2.24, 2.45) is 0 Å². The van der Waals surface area contributed by atoms with E-state index < -0.39 is 10.1 Å². The first-order valence-electron chi connectivity index (χ1n) is 4.10. The number of hydroxylamine groups is 3. The zero-order chi connectivity index (χ0) is 11.1. The van der Waals surface area contributed by atoms with Crippen molar-refractivity contribution in [2.75, 3.05) is 26.4 Å². The Balaban J connectivity index is 0. The first kappa shape index (κ1) is 15.3. The average molecular weight is 213 g/mol. The molecule has 1 N–H and O–H groups in total. The highest BCUT2D eigenvalue weighted by molar-refractivity contribution is 7.84. The maximum atomic E-state index is 9.26. The SMILES string of the molecule is CCC[N+](C)(O)CC.CS(=O)(=O)[O-]. The van der Waals surface area contributed by atoms with Crippen LogP contribution in [0.4, 0.5) is 0 Å². The van der Waals surface area contributed by atoms with Crippen molar-refractivity contribution >= 4 is 10.1 Å². The second-order valence-electron chi connectivity index (χ2n) is 3.08. The van der Waals surface area contributed by atoms with E-state index in [1.54, 1.807) is 0 Å². The van der Waals surface area contributed by atoms with Gasteiger partial charge in [0, 0.05) is 6.26 Å². The lowest BCUT2D eigenvalue weighted by atomic mass is 10.4. The third-order valence-electron chi connectivity index (χ3n) is 1.39. The van der Waals surface area contributed by atoms with Crippen molar-refractivity contribution in [1.29, 1.82) is 0 Å². The molecule has 0 fully saturated rings. The zero-order valence-corrected chi connectivity index (χ0v) is 9.47. The summed E-state index contributed by atoms with van der Waals surface area (Å²) in [5.41, 5.74) is 0. The molecule has 0 saturated heterocycles. The highest BCUT2D eigenvalue weighted by Crippen LogP contribution is 1.95. The second-order valence-corrected chi connectivity index (χ2v) is 4.49. The van der Waals surface area contributed by atoms with Gasteiger partial charge in [0.2, 0.25) is 0 Å². The van der Waals surface area contributed by atoms with E-state index in [-0.39, 0.29) is 4.65 Å². The van der Waals surface area contributed by atoms with Crippen molar-refractivity contribution in [3.8, 4) is 0 Å². The van der Waals surface area contributed by atoms with E-state index in [0.29, 0.717) is 6.26 Å². The van der Waals surface area contributed by atoms with Gasteiger partial charge in [0.1, 0.15) is 13.1 Å². The van der Waals surface area contributed by atoms with Crippen LogP contribution in [-0.2, 0) is 10.1 Å². The highest BCUT2D eigenvalue weighted by Gasteiger charge is 2.11. The van der Waals surface area contributed by atoms with Crippen LogP contribution in [0.5, 0.6) is 0 Å². The van der Waals surface area contributed by atoms with Gasteiger partial charge in [0.05, 0.1) is 17.2 Å². The van der Waals surface area contributed by atoms with Crippen LogP contribution < -0.4 is 0 Å². The molecule has 0 aromatic rings. The van der Waals surface area contributed by atoms with Crippen LogP contribution in [0.3, 0.4) is 0 Å². The smallest absolute Gasteiger partial charge is 0.108 e. The van der Waals surface area contributed by atoms with Gasteiger partial charge in [-0.15, -0.1) is 0 Å². The maximum Gasteiger partial charge on any atom is 0.108 e. The third-order valence-corrected chi connectivity index (χ3v) is 1.39. The molecule has 0 aliphatic carbocycles. The molecular weight excluding hydrogens is 194 g/mol. The second kappa shape index (κ2) is 6.31. The molecule has 0 aliphatic rings. The Morgan fingerprint density at radius 2 is 1.69 bits per heavy atom. The number of rotatable bonds is 3. The van der Waals surface area contributed by atoms with E-state index >= 15 is 0 Å². The van der Waals surface area contributed by atoms with Crippen LogP contribution >= 0.6 is 0 Å². The molecule has 1 unspecified atom stereocenters. The summed E-state index contributed by atoms with van der Waals surface area (Å²) in [5.74, 6) is 0. The average Bonchev–Trinajstić information content (AvgIpc) is 1.84. The molecule has 0 aromatic carbocycles. The molecule has 0 bridgehead atoms. The van der Waals surface area contributed by atoms with Crippen LogP contribution in [0.15, 0.2) is 0 Å². The molecular formula is C7H19NO4S. The van der Waals surface area contributed by atoms with Gasteiger partial charge in [0.25, 0.3) is 0 Å². The first-order chi connectivity index (χ1) is 5.62. The maximum absolute atomic E-state index is 9.26. The van der Waals surface area contributed by atoms with Crippen LogP contribution in [0, 0.1) is 0 Å². The Morgan fingerprint density at radius 3 is 1.77 bits per heavy atom. The largest absolute Gasteiger partial charge is 0.748 e. The van der Waals surface area contributed by atoms with Crippen molar-refractivity contribution in [2.45, 2.75) is 20.3 Å². The summed E-state index contributed by atoms with van der Waals surface area (Å²) in [5, 5.41) is 9.26. The minimum atomic E-state index is -3.92. The van der Waals surface area contributed by atoms with E-state index in [9.17, 15) is 5.21 Å². The molecule has 0 saturated carbocycles. The molecule has 0 aliphatic heterocycles. The molecule has 0 heterocycles. The van der Waals surface area contributed by atoms with Crippen LogP contribution in [0.2, 0.25) is 0 Å². The number of hydrogen-bond acceptors (Lipinski definition) is 4. The summed E-state index contributed by atoms with van der Waals surface area (Å²) in [6.45, 7) is 5.71. The lowest BCUT2D eigenvalue weighted by molar-refractivity contribution is -1.09. The third kappa shape index (κ3) is 24.5. The summed E-state index contributed by atoms with van der Waals surface area (Å²) in [6.07, 6.45) is 1.65. The normalized spacial score (nSPS) is 15.5. The molecule has 0 spiro atoms. The Kier molecular flexibility index (Phi) is 7.43. The van der Waals surface area contributed by atoms with Crippen LogP contribution in [0.25, 0.3) is 0 Å². The summed E-state index contributed by atoms with van der Waals surface area (Å²) >= 11 is 0. The Labute approximate surface area is 80.3 Å². The molecule has 6 heteroatoms. The molecule has 0 aromatic heterocycles. The van der Waals surface area contributed by atoms with E-state index in [2.05, 4.69) is 6.92 Å². The Hall–Kier alpha value is -0.170. The number of quaternary nitrogens is 1. The Bertz CT molecular complexity index is 203. The first-order valence-corrected chi connectivity index (χ1v) is 5.92. The van der Waals surface area contributed by atoms with Crippen LogP contribution in [-0.4, -0.2) is 49.2 Å². The summed E-state index contributed by atoms with van der Waals surface area (Å²) in [7, 11) is -2.09. The minimum Gasteiger partial charge on any atom is -0.748 e. The quantitative estimate of drug-likeness (QED) is 0.418. The van der Waals surface area contributed by atoms with Gasteiger partial charge >= 0.3 is 0 Å². The predicted molar refractivity (Wildman–Crippen MR) is 49.3 cm³/mol. The van der Waals surface area contributed by atoms with E-state index in [1.807, 2.05) is 14.0 Å². The monoisotopic (exact) mass is 213 g/mol. The molecule has 13 heavy (non-hydrogen) atoms. The van der Waals surface area contributed by atoms with Gasteiger partial charge in [-0.25, -0.2) is 13.6 Å². The van der Waals surface area contributed by atoms with E-state index in [0.717, 1.165) is 19.5 Å². The van der Waals surface area contributed by atoms with Gasteiger partial charge in [-0.2, -0.15) is 4.65 Å². The molecule has 82 valence electrons. The van der Waals surface area contributed by atoms with Crippen molar-refractivity contribution in [3.63, 3.8) is 0 Å². The molecule has 0 radical (unpaired) electrons. The standard InChI is InChI=1S/C6H16NO.CH4O3S/c1-4-6-7(3,8)5-2;1-5(2,3)4/h8H,4-6H2,1-3H3;1H3,(H,2,3,4)/q+1;/p-1. The fourth-order valence-corrected chi connectivity index (χ4v) is 0.640. The van der Waals surface area contributed by atoms with Gasteiger partial charge in [-0.05, 0) is 13.3 Å². The topological polar surface area (TPSA) is 77.4 Å². The van der Waals surface area contributed by atoms with E-state index in [1.165, 1.54) is 0 Å². The molecule has 1 atom stereocenters. The molecule has 0 rings (SSSR count). The molecule has 0 amide bonds. The van der Waals surface area contributed by atoms with Crippen molar-refractivity contribution in [1.82, 2.24) is 0 Å². The fraction of sp³-hybridized carbons (Fsp3) is 1.00. The highest BCUT2D eigenvalue weighted by atomic mass is 32.2. The van der Waals surface area contributed by atoms with Crippen LogP contribution in [0.1, 0.15) is 20.3 Å². The van der Waals surface area contributed by atoms with Gasteiger partial charge in [-0.1, -0.05) is 6.92 Å². The van der Waals surface area contributed by atoms with Crippen molar-refractivity contribution < 1.29 is 22.8 Å². The number of nitrogens with zero attached hydrogens (tertiary/aromatic N) is 1. The van der Waals surface area contributed by atoms with Gasteiger partial charge in [-0.3, -0.25) is 0 Å². The minimum absolute atomic E-state index is 0.163. The lowest BCUT2D eigenvalue weighted by Gasteiger charge is -2.22. The van der Waals surface area contributed by atoms with Gasteiger partial charge in [0.15, 0.2) is 0 Å². The molecule has 5 nitrogen and oxygen atoms in total. The van der Waals surface area contributed by atoms with Gasteiger partial charge < -0.3 is 4.55 Å². The predicted octanol–water partition coefficient (Wildman–Crippen LogP) is 0.414. The van der Waals surface area contributed by atoms with E-state index in [4.69, 9.17) is 13.0 Å². The fourth-order valence-electron chi connectivity index (χ4n) is 0.640. The zero-order valence-electron chi connectivity index (χ0n) is 8.65. The Morgan fingerprint density at radius 1 is 1.38 bits per heavy atom. The summed E-state index contributed by atoms with van der Waals surface area (Å²) in [4.78, 5) is 0. The lowest BCUT2D eigenvalue weighted by Crippen LogP contribution is -2.40. The van der Waals surface area contributed by atoms with Crippen molar-refractivity contribution in [3.05, 3.63) is 0 Å². The number of hydrogen-bond donors (Lipinski definition) is 1. The summed E-state index contributed by atoms with van der Waals surface area (Å²) in [6, 6.07) is 0. The summed E-state index contributed by atoms with van der Waals surface area (Å²) < 4.78 is 27.4.